The van der Waals surface area contributed by atoms with Crippen LogP contribution < -0.4 is 0 Å². The van der Waals surface area contributed by atoms with Crippen LogP contribution in [0.15, 0.2) is 0 Å². The maximum atomic E-state index is 12.0. The van der Waals surface area contributed by atoms with E-state index >= 15 is 0 Å². The number of likely N-dealkylation sites (tertiary alicyclic amines) is 1. The van der Waals surface area contributed by atoms with Gasteiger partial charge in [-0.1, -0.05) is 6.92 Å². The van der Waals surface area contributed by atoms with Crippen molar-refractivity contribution in [3.63, 3.8) is 0 Å². The summed E-state index contributed by atoms with van der Waals surface area (Å²) < 4.78 is 0. The van der Waals surface area contributed by atoms with Gasteiger partial charge in [-0.05, 0) is 19.1 Å². The summed E-state index contributed by atoms with van der Waals surface area (Å²) in [5.41, 5.74) is -0.378. The average molecular weight is 225 g/mol. The van der Waals surface area contributed by atoms with Crippen LogP contribution in [-0.4, -0.2) is 48.9 Å². The minimum atomic E-state index is -0.378. The van der Waals surface area contributed by atoms with Gasteiger partial charge in [-0.3, -0.25) is 4.79 Å². The Morgan fingerprint density at radius 2 is 2.27 bits per heavy atom. The first-order chi connectivity index (χ1) is 7.07. The number of hydrogen-bond acceptors (Lipinski definition) is 3. The molecule has 1 rings (SSSR count). The largest absolute Gasteiger partial charge is 0.333 e. The summed E-state index contributed by atoms with van der Waals surface area (Å²) in [6.07, 6.45) is 3.57. The zero-order valence-corrected chi connectivity index (χ0v) is 10.0. The van der Waals surface area contributed by atoms with Gasteiger partial charge in [0, 0.05) is 18.2 Å². The van der Waals surface area contributed by atoms with Gasteiger partial charge in [-0.15, -0.1) is 0 Å². The molecule has 1 amide bonds. The Bertz CT molecular complexity index is 260. The molecular weight excluding hydrogens is 209 g/mol. The molecule has 1 aliphatic rings. The first-order valence-electron chi connectivity index (χ1n) is 5.16. The quantitative estimate of drug-likeness (QED) is 0.660. The fraction of sp³-hybridized carbons (Fsp3) is 0.800. The Balaban J connectivity index is 2.62. The minimum Gasteiger partial charge on any atom is -0.333 e. The molecule has 2 atom stereocenters. The highest BCUT2D eigenvalue weighted by Gasteiger charge is 2.33. The smallest absolute Gasteiger partial charge is 0.226 e. The fourth-order valence-electron chi connectivity index (χ4n) is 1.93. The van der Waals surface area contributed by atoms with Crippen LogP contribution >= 0.6 is 11.8 Å². The molecule has 0 aliphatic carbocycles. The second-order valence-corrected chi connectivity index (χ2v) is 4.86. The molecule has 0 aromatic carbocycles. The van der Waals surface area contributed by atoms with Crippen molar-refractivity contribution in [1.82, 2.24) is 4.90 Å². The normalized spacial score (nSPS) is 22.8. The predicted molar refractivity (Wildman–Crippen MR) is 63.0 cm³/mol. The van der Waals surface area contributed by atoms with Crippen LogP contribution in [0.5, 0.6) is 0 Å². The molecule has 5 heteroatoms. The molecule has 0 saturated carbocycles. The zero-order valence-electron chi connectivity index (χ0n) is 9.23. The summed E-state index contributed by atoms with van der Waals surface area (Å²) in [5, 5.41) is 0. The van der Waals surface area contributed by atoms with Crippen molar-refractivity contribution in [1.29, 1.82) is 0 Å². The van der Waals surface area contributed by atoms with Crippen LogP contribution in [0.3, 0.4) is 0 Å². The monoisotopic (exact) mass is 225 g/mol. The minimum absolute atomic E-state index is 0.0278. The van der Waals surface area contributed by atoms with E-state index in [9.17, 15) is 9.59 Å². The Labute approximate surface area is 96.4 Å². The third-order valence-electron chi connectivity index (χ3n) is 2.70. The molecule has 0 bridgehead atoms. The molecule has 15 heavy (non-hydrogen) atoms. The first kappa shape index (κ1) is 12.6. The zero-order chi connectivity index (χ0) is 11.4. The van der Waals surface area contributed by atoms with Crippen LogP contribution in [-0.2, 0) is 9.59 Å². The van der Waals surface area contributed by atoms with E-state index in [2.05, 4.69) is 0 Å². The molecule has 82 valence electrons. The van der Waals surface area contributed by atoms with E-state index in [0.717, 1.165) is 12.2 Å². The summed E-state index contributed by atoms with van der Waals surface area (Å²) in [4.78, 5) is 24.7. The number of carbonyl (C=O) groups excluding carboxylic acids is 2. The van der Waals surface area contributed by atoms with Gasteiger partial charge in [0.1, 0.15) is 0 Å². The van der Waals surface area contributed by atoms with Gasteiger partial charge in [0.25, 0.3) is 0 Å². The van der Waals surface area contributed by atoms with Gasteiger partial charge >= 0.3 is 0 Å². The highest BCUT2D eigenvalue weighted by Crippen LogP contribution is 2.20. The Kier molecular flexibility index (Phi) is 4.70. The van der Waals surface area contributed by atoms with E-state index < -0.39 is 0 Å². The van der Waals surface area contributed by atoms with Gasteiger partial charge in [-0.2, -0.15) is 11.8 Å². The summed E-state index contributed by atoms with van der Waals surface area (Å²) >= 11 is 1.64. The summed E-state index contributed by atoms with van der Waals surface area (Å²) in [5.74, 6) is 0.825. The molecule has 0 aromatic rings. The number of nitrogens with zero attached hydrogens (tertiary/aromatic N) is 1. The topological polar surface area (TPSA) is 37.4 Å². The molecule has 2 unspecified atom stereocenters. The summed E-state index contributed by atoms with van der Waals surface area (Å²) in [6, 6.07) is -0.373. The first-order valence-corrected chi connectivity index (χ1v) is 6.56. The van der Waals surface area contributed by atoms with Crippen LogP contribution in [0.1, 0.15) is 19.8 Å². The van der Waals surface area contributed by atoms with Crippen molar-refractivity contribution in [3.05, 3.63) is 0 Å². The Hall–Kier alpha value is -0.445. The molecule has 1 fully saturated rings. The van der Waals surface area contributed by atoms with Crippen molar-refractivity contribution in [2.24, 2.45) is 5.92 Å². The standard InChI is InChI=1S/C10H16BNO2S/c1-7(6-15-2)10(14)12-5-3-4-8(12)9(11)13/h7-8H,3-6H2,1-2H3. The molecule has 3 nitrogen and oxygen atoms in total. The average Bonchev–Trinajstić information content (AvgIpc) is 2.65. The third kappa shape index (κ3) is 3.00. The lowest BCUT2D eigenvalue weighted by atomic mass is 9.93. The van der Waals surface area contributed by atoms with Crippen LogP contribution in [0.25, 0.3) is 0 Å². The van der Waals surface area contributed by atoms with Crippen LogP contribution in [0, 0.1) is 5.92 Å². The van der Waals surface area contributed by atoms with E-state index in [1.807, 2.05) is 13.2 Å². The van der Waals surface area contributed by atoms with Crippen molar-refractivity contribution in [3.8, 4) is 0 Å². The van der Waals surface area contributed by atoms with E-state index in [0.29, 0.717) is 13.0 Å². The highest BCUT2D eigenvalue weighted by atomic mass is 32.2. The maximum Gasteiger partial charge on any atom is 0.226 e. The lowest BCUT2D eigenvalue weighted by Crippen LogP contribution is -2.43. The van der Waals surface area contributed by atoms with Gasteiger partial charge in [0.2, 0.25) is 5.91 Å². The van der Waals surface area contributed by atoms with Crippen molar-refractivity contribution in [2.45, 2.75) is 25.8 Å². The van der Waals surface area contributed by atoms with Gasteiger partial charge in [-0.25, -0.2) is 0 Å². The number of carbonyl (C=O) groups is 2. The molecule has 2 radical (unpaired) electrons. The van der Waals surface area contributed by atoms with Crippen LogP contribution in [0.2, 0.25) is 0 Å². The number of amides is 1. The molecule has 0 aromatic heterocycles. The molecule has 0 spiro atoms. The number of hydrogen-bond donors (Lipinski definition) is 0. The molecule has 1 heterocycles. The molecule has 0 N–H and O–H groups in total. The Morgan fingerprint density at radius 1 is 1.60 bits per heavy atom. The second-order valence-electron chi connectivity index (χ2n) is 3.95. The Morgan fingerprint density at radius 3 is 2.80 bits per heavy atom. The summed E-state index contributed by atoms with van der Waals surface area (Å²) in [6.45, 7) is 2.57. The van der Waals surface area contributed by atoms with E-state index in [1.54, 1.807) is 16.7 Å². The van der Waals surface area contributed by atoms with Crippen molar-refractivity contribution >= 4 is 31.2 Å². The lowest BCUT2D eigenvalue weighted by molar-refractivity contribution is -0.138. The number of thioether (sulfide) groups is 1. The molecule has 1 saturated heterocycles. The van der Waals surface area contributed by atoms with Gasteiger partial charge in [0.05, 0.1) is 11.7 Å². The fourth-order valence-corrected chi connectivity index (χ4v) is 2.57. The van der Waals surface area contributed by atoms with E-state index in [1.165, 1.54) is 0 Å². The highest BCUT2D eigenvalue weighted by molar-refractivity contribution is 7.98. The second kappa shape index (κ2) is 5.59. The molecule has 1 aliphatic heterocycles. The van der Waals surface area contributed by atoms with Crippen molar-refractivity contribution in [2.75, 3.05) is 18.6 Å². The lowest BCUT2D eigenvalue weighted by Gasteiger charge is -2.25. The summed E-state index contributed by atoms with van der Waals surface area (Å²) in [7, 11) is 5.26. The third-order valence-corrected chi connectivity index (χ3v) is 3.54. The number of rotatable bonds is 4. The van der Waals surface area contributed by atoms with Gasteiger partial charge in [0.15, 0.2) is 7.85 Å². The predicted octanol–water partition coefficient (Wildman–Crippen LogP) is 0.672. The van der Waals surface area contributed by atoms with Crippen LogP contribution in [0.4, 0.5) is 0 Å². The van der Waals surface area contributed by atoms with E-state index in [-0.39, 0.29) is 23.5 Å². The van der Waals surface area contributed by atoms with Gasteiger partial charge < -0.3 is 9.69 Å². The maximum absolute atomic E-state index is 12.0. The van der Waals surface area contributed by atoms with E-state index in [4.69, 9.17) is 7.85 Å². The SMILES string of the molecule is [B]C(=O)C1CCCN1C(=O)C(C)CSC. The molecular formula is C10H16BNO2S. The van der Waals surface area contributed by atoms with Crippen molar-refractivity contribution < 1.29 is 9.59 Å².